The van der Waals surface area contributed by atoms with E-state index < -0.39 is 0 Å². The van der Waals surface area contributed by atoms with Gasteiger partial charge in [-0.25, -0.2) is 0 Å². The molecule has 0 aliphatic carbocycles. The summed E-state index contributed by atoms with van der Waals surface area (Å²) in [5, 5.41) is 6.44. The normalized spacial score (nSPS) is 10.2. The molecule has 0 fully saturated rings. The molecule has 2 aromatic carbocycles. The molecule has 1 amide bonds. The second kappa shape index (κ2) is 7.68. The minimum Gasteiger partial charge on any atom is -0.324 e. The van der Waals surface area contributed by atoms with Gasteiger partial charge in [-0.3, -0.25) is 4.79 Å². The van der Waals surface area contributed by atoms with Gasteiger partial charge in [-0.2, -0.15) is 0 Å². The average molecular weight is 289 g/mol. The summed E-state index contributed by atoms with van der Waals surface area (Å²) in [6.45, 7) is 1.04. The Labute approximate surface area is 124 Å². The Balaban J connectivity index is 1.69. The number of hydrogen-bond donors (Lipinski definition) is 2. The molecule has 3 nitrogen and oxygen atoms in total. The van der Waals surface area contributed by atoms with E-state index in [0.717, 1.165) is 13.0 Å². The first-order chi connectivity index (χ1) is 9.75. The van der Waals surface area contributed by atoms with E-state index in [1.165, 1.54) is 5.56 Å². The molecular formula is C16H17ClN2O. The molecule has 0 aliphatic heterocycles. The van der Waals surface area contributed by atoms with Gasteiger partial charge in [0.15, 0.2) is 0 Å². The van der Waals surface area contributed by atoms with Crippen LogP contribution in [0.1, 0.15) is 5.56 Å². The van der Waals surface area contributed by atoms with Crippen molar-refractivity contribution in [2.24, 2.45) is 0 Å². The number of carbonyl (C=O) groups is 1. The average Bonchev–Trinajstić information content (AvgIpc) is 2.47. The molecule has 4 heteroatoms. The van der Waals surface area contributed by atoms with Crippen molar-refractivity contribution >= 4 is 23.2 Å². The lowest BCUT2D eigenvalue weighted by molar-refractivity contribution is -0.115. The second-order valence-electron chi connectivity index (χ2n) is 4.44. The van der Waals surface area contributed by atoms with Crippen LogP contribution in [0.15, 0.2) is 54.6 Å². The van der Waals surface area contributed by atoms with Crippen molar-refractivity contribution in [2.45, 2.75) is 6.42 Å². The molecule has 0 heterocycles. The van der Waals surface area contributed by atoms with Gasteiger partial charge in [0.25, 0.3) is 0 Å². The third-order valence-electron chi connectivity index (χ3n) is 2.87. The highest BCUT2D eigenvalue weighted by molar-refractivity contribution is 6.33. The number of halogens is 1. The molecule has 2 N–H and O–H groups in total. The van der Waals surface area contributed by atoms with Crippen molar-refractivity contribution < 1.29 is 4.79 Å². The smallest absolute Gasteiger partial charge is 0.238 e. The summed E-state index contributed by atoms with van der Waals surface area (Å²) in [5.74, 6) is -0.0915. The van der Waals surface area contributed by atoms with E-state index >= 15 is 0 Å². The monoisotopic (exact) mass is 288 g/mol. The first kappa shape index (κ1) is 14.6. The van der Waals surface area contributed by atoms with E-state index in [0.29, 0.717) is 10.7 Å². The van der Waals surface area contributed by atoms with Gasteiger partial charge < -0.3 is 10.6 Å². The van der Waals surface area contributed by atoms with Crippen LogP contribution in [0.4, 0.5) is 5.69 Å². The van der Waals surface area contributed by atoms with Crippen LogP contribution in [0.3, 0.4) is 0 Å². The Hall–Kier alpha value is -1.84. The molecule has 20 heavy (non-hydrogen) atoms. The van der Waals surface area contributed by atoms with Crippen LogP contribution in [0, 0.1) is 0 Å². The number of anilines is 1. The van der Waals surface area contributed by atoms with Crippen LogP contribution >= 0.6 is 11.6 Å². The van der Waals surface area contributed by atoms with Crippen molar-refractivity contribution in [3.63, 3.8) is 0 Å². The molecule has 2 rings (SSSR count). The minimum absolute atomic E-state index is 0.0915. The Kier molecular flexibility index (Phi) is 5.59. The molecule has 104 valence electrons. The van der Waals surface area contributed by atoms with Crippen molar-refractivity contribution in [2.75, 3.05) is 18.4 Å². The van der Waals surface area contributed by atoms with Gasteiger partial charge in [-0.05, 0) is 30.7 Å². The summed E-state index contributed by atoms with van der Waals surface area (Å²) in [6, 6.07) is 17.4. The molecule has 0 unspecified atom stereocenters. The maximum absolute atomic E-state index is 11.7. The van der Waals surface area contributed by atoms with Gasteiger partial charge in [-0.1, -0.05) is 54.1 Å². The van der Waals surface area contributed by atoms with Crippen molar-refractivity contribution in [1.82, 2.24) is 5.32 Å². The first-order valence-electron chi connectivity index (χ1n) is 6.55. The number of benzene rings is 2. The zero-order valence-electron chi connectivity index (χ0n) is 11.1. The highest BCUT2D eigenvalue weighted by Gasteiger charge is 2.04. The number of carbonyl (C=O) groups excluding carboxylic acids is 1. The Bertz CT molecular complexity index is 557. The predicted octanol–water partition coefficient (Wildman–Crippen LogP) is 3.11. The lowest BCUT2D eigenvalue weighted by atomic mass is 10.1. The summed E-state index contributed by atoms with van der Waals surface area (Å²) in [5.41, 5.74) is 1.90. The highest BCUT2D eigenvalue weighted by atomic mass is 35.5. The summed E-state index contributed by atoms with van der Waals surface area (Å²) >= 11 is 5.97. The molecule has 0 spiro atoms. The van der Waals surface area contributed by atoms with Gasteiger partial charge in [-0.15, -0.1) is 0 Å². The summed E-state index contributed by atoms with van der Waals surface area (Å²) in [7, 11) is 0. The lowest BCUT2D eigenvalue weighted by Gasteiger charge is -2.08. The van der Waals surface area contributed by atoms with E-state index in [1.54, 1.807) is 12.1 Å². The molecule has 0 saturated carbocycles. The van der Waals surface area contributed by atoms with E-state index in [9.17, 15) is 4.79 Å². The van der Waals surface area contributed by atoms with Crippen LogP contribution in [-0.2, 0) is 11.2 Å². The first-order valence-corrected chi connectivity index (χ1v) is 6.92. The maximum atomic E-state index is 11.7. The van der Waals surface area contributed by atoms with Gasteiger partial charge in [0, 0.05) is 0 Å². The topological polar surface area (TPSA) is 41.1 Å². The van der Waals surface area contributed by atoms with Gasteiger partial charge >= 0.3 is 0 Å². The Morgan fingerprint density at radius 2 is 1.70 bits per heavy atom. The van der Waals surface area contributed by atoms with E-state index in [2.05, 4.69) is 22.8 Å². The van der Waals surface area contributed by atoms with E-state index in [-0.39, 0.29) is 12.5 Å². The Morgan fingerprint density at radius 3 is 2.45 bits per heavy atom. The zero-order valence-corrected chi connectivity index (χ0v) is 11.9. The zero-order chi connectivity index (χ0) is 14.2. The van der Waals surface area contributed by atoms with Crippen LogP contribution in [0.25, 0.3) is 0 Å². The van der Waals surface area contributed by atoms with Crippen LogP contribution in [0.5, 0.6) is 0 Å². The summed E-state index contributed by atoms with van der Waals surface area (Å²) < 4.78 is 0. The highest BCUT2D eigenvalue weighted by Crippen LogP contribution is 2.19. The summed E-state index contributed by atoms with van der Waals surface area (Å²) in [6.07, 6.45) is 0.903. The number of para-hydroxylation sites is 1. The standard InChI is InChI=1S/C16H17ClN2O/c17-14-8-4-5-9-15(14)19-16(20)12-18-11-10-13-6-2-1-3-7-13/h1-9,18H,10-12H2,(H,19,20). The molecule has 0 atom stereocenters. The molecule has 0 aromatic heterocycles. The fourth-order valence-electron chi connectivity index (χ4n) is 1.84. The predicted molar refractivity (Wildman–Crippen MR) is 83.1 cm³/mol. The number of nitrogens with one attached hydrogen (secondary N) is 2. The summed E-state index contributed by atoms with van der Waals surface area (Å²) in [4.78, 5) is 11.7. The number of hydrogen-bond acceptors (Lipinski definition) is 2. The molecule has 0 bridgehead atoms. The third-order valence-corrected chi connectivity index (χ3v) is 3.20. The van der Waals surface area contributed by atoms with E-state index in [1.807, 2.05) is 30.3 Å². The quantitative estimate of drug-likeness (QED) is 0.802. The fourth-order valence-corrected chi connectivity index (χ4v) is 2.02. The van der Waals surface area contributed by atoms with Crippen molar-refractivity contribution in [1.29, 1.82) is 0 Å². The SMILES string of the molecule is O=C(CNCCc1ccccc1)Nc1ccccc1Cl. The molecule has 2 aromatic rings. The molecule has 0 aliphatic rings. The fraction of sp³-hybridized carbons (Fsp3) is 0.188. The molecule has 0 radical (unpaired) electrons. The van der Waals surface area contributed by atoms with E-state index in [4.69, 9.17) is 11.6 Å². The molecular weight excluding hydrogens is 272 g/mol. The third kappa shape index (κ3) is 4.68. The lowest BCUT2D eigenvalue weighted by Crippen LogP contribution is -2.29. The molecule has 0 saturated heterocycles. The van der Waals surface area contributed by atoms with Crippen LogP contribution in [-0.4, -0.2) is 19.0 Å². The maximum Gasteiger partial charge on any atom is 0.238 e. The minimum atomic E-state index is -0.0915. The number of amides is 1. The van der Waals surface area contributed by atoms with Crippen molar-refractivity contribution in [3.8, 4) is 0 Å². The van der Waals surface area contributed by atoms with Crippen LogP contribution < -0.4 is 10.6 Å². The van der Waals surface area contributed by atoms with Crippen molar-refractivity contribution in [3.05, 3.63) is 65.2 Å². The van der Waals surface area contributed by atoms with Gasteiger partial charge in [0.05, 0.1) is 17.3 Å². The second-order valence-corrected chi connectivity index (χ2v) is 4.85. The largest absolute Gasteiger partial charge is 0.324 e. The Morgan fingerprint density at radius 1 is 1.00 bits per heavy atom. The van der Waals surface area contributed by atoms with Gasteiger partial charge in [0.1, 0.15) is 0 Å². The van der Waals surface area contributed by atoms with Crippen LogP contribution in [0.2, 0.25) is 5.02 Å². The number of rotatable bonds is 6. The van der Waals surface area contributed by atoms with Gasteiger partial charge in [0.2, 0.25) is 5.91 Å².